The summed E-state index contributed by atoms with van der Waals surface area (Å²) in [4.78, 5) is 25.4. The van der Waals surface area contributed by atoms with Crippen LogP contribution in [-0.4, -0.2) is 45.4 Å². The van der Waals surface area contributed by atoms with Gasteiger partial charge in [-0.05, 0) is 31.0 Å². The van der Waals surface area contributed by atoms with E-state index in [2.05, 4.69) is 15.3 Å². The fourth-order valence-corrected chi connectivity index (χ4v) is 3.53. The molecule has 2 amide bonds. The van der Waals surface area contributed by atoms with Crippen molar-refractivity contribution in [1.29, 1.82) is 0 Å². The van der Waals surface area contributed by atoms with E-state index in [-0.39, 0.29) is 6.03 Å². The molecule has 3 heterocycles. The van der Waals surface area contributed by atoms with Crippen LogP contribution in [-0.2, 0) is 13.0 Å². The van der Waals surface area contributed by atoms with Crippen molar-refractivity contribution >= 4 is 29.3 Å². The van der Waals surface area contributed by atoms with Gasteiger partial charge < -0.3 is 15.1 Å². The second-order valence-electron chi connectivity index (χ2n) is 6.45. The average Bonchev–Trinajstić information content (AvgIpc) is 3.15. The fraction of sp³-hybridized carbons (Fsp3) is 0.389. The summed E-state index contributed by atoms with van der Waals surface area (Å²) >= 11 is 6.00. The minimum absolute atomic E-state index is 0.143. The average molecular weight is 358 g/mol. The lowest BCUT2D eigenvalue weighted by molar-refractivity contribution is 0.157. The Balaban J connectivity index is 1.46. The molecule has 2 aromatic rings. The molecule has 1 aromatic heterocycles. The van der Waals surface area contributed by atoms with Crippen LogP contribution in [0.5, 0.6) is 0 Å². The lowest BCUT2D eigenvalue weighted by atomic mass is 10.1. The number of likely N-dealkylation sites (tertiary alicyclic amines) is 1. The molecule has 1 aromatic carbocycles. The van der Waals surface area contributed by atoms with Gasteiger partial charge in [-0.25, -0.2) is 14.8 Å². The SMILES string of the molecule is O=C(N1CCCC1)N1CCc2nc(Nc3cccc(Cl)c3)ncc2C1. The molecule has 0 unspecified atom stereocenters. The zero-order valence-electron chi connectivity index (χ0n) is 13.9. The van der Waals surface area contributed by atoms with E-state index >= 15 is 0 Å². The number of nitrogens with zero attached hydrogens (tertiary/aromatic N) is 4. The van der Waals surface area contributed by atoms with Crippen molar-refractivity contribution in [3.05, 3.63) is 46.7 Å². The Morgan fingerprint density at radius 3 is 2.80 bits per heavy atom. The van der Waals surface area contributed by atoms with E-state index in [4.69, 9.17) is 11.6 Å². The van der Waals surface area contributed by atoms with E-state index in [1.165, 1.54) is 0 Å². The molecule has 0 saturated carbocycles. The molecule has 0 aliphatic carbocycles. The normalized spacial score (nSPS) is 16.7. The third-order valence-electron chi connectivity index (χ3n) is 4.66. The first-order valence-electron chi connectivity index (χ1n) is 8.60. The van der Waals surface area contributed by atoms with E-state index in [1.54, 1.807) is 0 Å². The highest BCUT2D eigenvalue weighted by Crippen LogP contribution is 2.22. The van der Waals surface area contributed by atoms with E-state index < -0.39 is 0 Å². The standard InChI is InChI=1S/C18H20ClN5O/c19-14-4-3-5-15(10-14)21-17-20-11-13-12-24(9-6-16(13)22-17)18(25)23-7-1-2-8-23/h3-5,10-11H,1-2,6-9,12H2,(H,20,21,22). The second kappa shape index (κ2) is 6.88. The molecule has 6 nitrogen and oxygen atoms in total. The topological polar surface area (TPSA) is 61.4 Å². The molecule has 7 heteroatoms. The van der Waals surface area contributed by atoms with Crippen molar-refractivity contribution in [3.8, 4) is 0 Å². The first-order chi connectivity index (χ1) is 12.2. The fourth-order valence-electron chi connectivity index (χ4n) is 3.34. The van der Waals surface area contributed by atoms with E-state index in [0.717, 1.165) is 49.3 Å². The Hall–Kier alpha value is -2.34. The van der Waals surface area contributed by atoms with Gasteiger partial charge in [-0.15, -0.1) is 0 Å². The largest absolute Gasteiger partial charge is 0.325 e. The number of urea groups is 1. The van der Waals surface area contributed by atoms with Gasteiger partial charge in [0.2, 0.25) is 5.95 Å². The van der Waals surface area contributed by atoms with Crippen LogP contribution in [0, 0.1) is 0 Å². The molecule has 0 radical (unpaired) electrons. The molecule has 0 atom stereocenters. The van der Waals surface area contributed by atoms with Gasteiger partial charge in [-0.2, -0.15) is 0 Å². The third kappa shape index (κ3) is 3.54. The van der Waals surface area contributed by atoms with Crippen molar-refractivity contribution < 1.29 is 4.79 Å². The Bertz CT molecular complexity index is 791. The number of rotatable bonds is 2. The smallest absolute Gasteiger partial charge is 0.320 e. The van der Waals surface area contributed by atoms with Crippen molar-refractivity contribution in [2.75, 3.05) is 25.0 Å². The predicted molar refractivity (Wildman–Crippen MR) is 97.1 cm³/mol. The number of nitrogens with one attached hydrogen (secondary N) is 1. The van der Waals surface area contributed by atoms with Crippen LogP contribution in [0.2, 0.25) is 5.02 Å². The molecule has 0 spiro atoms. The van der Waals surface area contributed by atoms with E-state index in [9.17, 15) is 4.79 Å². The lowest BCUT2D eigenvalue weighted by Gasteiger charge is -2.31. The summed E-state index contributed by atoms with van der Waals surface area (Å²) < 4.78 is 0. The van der Waals surface area contributed by atoms with Crippen LogP contribution in [0.1, 0.15) is 24.1 Å². The first kappa shape index (κ1) is 16.1. The predicted octanol–water partition coefficient (Wildman–Crippen LogP) is 3.45. The quantitative estimate of drug-likeness (QED) is 0.894. The second-order valence-corrected chi connectivity index (χ2v) is 6.89. The van der Waals surface area contributed by atoms with Crippen LogP contribution in [0.3, 0.4) is 0 Å². The maximum atomic E-state index is 12.5. The number of carbonyl (C=O) groups is 1. The Kier molecular flexibility index (Phi) is 4.44. The van der Waals surface area contributed by atoms with Gasteiger partial charge in [0.05, 0.1) is 12.2 Å². The van der Waals surface area contributed by atoms with Crippen LogP contribution >= 0.6 is 11.6 Å². The molecule has 0 bridgehead atoms. The molecular weight excluding hydrogens is 338 g/mol. The Morgan fingerprint density at radius 1 is 1.16 bits per heavy atom. The number of amides is 2. The summed E-state index contributed by atoms with van der Waals surface area (Å²) in [5, 5.41) is 3.84. The maximum absolute atomic E-state index is 12.5. The summed E-state index contributed by atoms with van der Waals surface area (Å²) in [6, 6.07) is 7.60. The van der Waals surface area contributed by atoms with Gasteiger partial charge in [0.15, 0.2) is 0 Å². The highest BCUT2D eigenvalue weighted by Gasteiger charge is 2.27. The van der Waals surface area contributed by atoms with Crippen molar-refractivity contribution in [2.45, 2.75) is 25.8 Å². The number of hydrogen-bond acceptors (Lipinski definition) is 4. The van der Waals surface area contributed by atoms with Gasteiger partial charge in [-0.1, -0.05) is 17.7 Å². The molecule has 1 saturated heterocycles. The monoisotopic (exact) mass is 357 g/mol. The number of benzene rings is 1. The summed E-state index contributed by atoms with van der Waals surface area (Å²) in [6.45, 7) is 3.04. The number of halogens is 1. The zero-order chi connectivity index (χ0) is 17.2. The summed E-state index contributed by atoms with van der Waals surface area (Å²) in [5.41, 5.74) is 2.88. The molecule has 4 rings (SSSR count). The van der Waals surface area contributed by atoms with E-state index in [1.807, 2.05) is 40.3 Å². The molecule has 2 aliphatic rings. The van der Waals surface area contributed by atoms with Gasteiger partial charge in [0.1, 0.15) is 0 Å². The highest BCUT2D eigenvalue weighted by molar-refractivity contribution is 6.30. The van der Waals surface area contributed by atoms with Gasteiger partial charge >= 0.3 is 6.03 Å². The van der Waals surface area contributed by atoms with E-state index in [0.29, 0.717) is 24.1 Å². The number of aromatic nitrogens is 2. The molecule has 25 heavy (non-hydrogen) atoms. The van der Waals surface area contributed by atoms with Crippen molar-refractivity contribution in [3.63, 3.8) is 0 Å². The number of anilines is 2. The Morgan fingerprint density at radius 2 is 2.00 bits per heavy atom. The molecule has 2 aliphatic heterocycles. The summed E-state index contributed by atoms with van der Waals surface area (Å²) in [5.74, 6) is 0.556. The van der Waals surface area contributed by atoms with Gasteiger partial charge in [0, 0.05) is 48.5 Å². The van der Waals surface area contributed by atoms with Crippen LogP contribution in [0.4, 0.5) is 16.4 Å². The van der Waals surface area contributed by atoms with Crippen molar-refractivity contribution in [2.24, 2.45) is 0 Å². The highest BCUT2D eigenvalue weighted by atomic mass is 35.5. The van der Waals surface area contributed by atoms with Crippen LogP contribution in [0.25, 0.3) is 0 Å². The lowest BCUT2D eigenvalue weighted by Crippen LogP contribution is -2.44. The molecule has 1 N–H and O–H groups in total. The molecule has 1 fully saturated rings. The Labute approximate surface area is 151 Å². The van der Waals surface area contributed by atoms with Gasteiger partial charge in [0.25, 0.3) is 0 Å². The zero-order valence-corrected chi connectivity index (χ0v) is 14.7. The summed E-state index contributed by atoms with van der Waals surface area (Å²) in [7, 11) is 0. The molecular formula is C18H20ClN5O. The summed E-state index contributed by atoms with van der Waals surface area (Å²) in [6.07, 6.45) is 4.79. The van der Waals surface area contributed by atoms with Gasteiger partial charge in [-0.3, -0.25) is 0 Å². The number of carbonyl (C=O) groups excluding carboxylic acids is 1. The van der Waals surface area contributed by atoms with Crippen molar-refractivity contribution in [1.82, 2.24) is 19.8 Å². The minimum Gasteiger partial charge on any atom is -0.325 e. The number of hydrogen-bond donors (Lipinski definition) is 1. The van der Waals surface area contributed by atoms with Crippen LogP contribution < -0.4 is 5.32 Å². The maximum Gasteiger partial charge on any atom is 0.320 e. The minimum atomic E-state index is 0.143. The molecule has 130 valence electrons. The number of fused-ring (bicyclic) bond motifs is 1. The third-order valence-corrected chi connectivity index (χ3v) is 4.90. The first-order valence-corrected chi connectivity index (χ1v) is 8.98. The van der Waals surface area contributed by atoms with Crippen LogP contribution in [0.15, 0.2) is 30.5 Å².